The van der Waals surface area contributed by atoms with Crippen molar-refractivity contribution in [2.45, 2.75) is 78.2 Å². The maximum absolute atomic E-state index is 12.3. The molecule has 3 atom stereocenters. The number of hydrogen-bond donors (Lipinski definition) is 3. The van der Waals surface area contributed by atoms with E-state index in [0.29, 0.717) is 6.42 Å². The van der Waals surface area contributed by atoms with Crippen LogP contribution >= 0.6 is 0 Å². The second-order valence-corrected chi connectivity index (χ2v) is 6.32. The van der Waals surface area contributed by atoms with Gasteiger partial charge < -0.3 is 20.1 Å². The highest BCUT2D eigenvalue weighted by atomic mass is 16.5. The fourth-order valence-electron chi connectivity index (χ4n) is 3.75. The maximum Gasteiger partial charge on any atom is 0.338 e. The molecule has 0 aliphatic heterocycles. The third kappa shape index (κ3) is 4.51. The predicted molar refractivity (Wildman–Crippen MR) is 92.5 cm³/mol. The Hall–Kier alpha value is -1.63. The van der Waals surface area contributed by atoms with Crippen molar-refractivity contribution in [2.24, 2.45) is 11.3 Å². The van der Waals surface area contributed by atoms with Gasteiger partial charge in [-0.25, -0.2) is 4.79 Å². The summed E-state index contributed by atoms with van der Waals surface area (Å²) in [7, 11) is 0. The normalized spacial score (nSPS) is 17.3. The van der Waals surface area contributed by atoms with E-state index in [4.69, 9.17) is 4.74 Å². The summed E-state index contributed by atoms with van der Waals surface area (Å²) in [5.41, 5.74) is -4.11. The summed E-state index contributed by atoms with van der Waals surface area (Å²) >= 11 is 0. The number of aliphatic carboxylic acids is 3. The molecule has 7 nitrogen and oxygen atoms in total. The van der Waals surface area contributed by atoms with Crippen molar-refractivity contribution in [3.8, 4) is 0 Å². The monoisotopic (exact) mass is 360 g/mol. The molecule has 0 radical (unpaired) electrons. The van der Waals surface area contributed by atoms with Crippen LogP contribution in [0.15, 0.2) is 0 Å². The van der Waals surface area contributed by atoms with Crippen molar-refractivity contribution >= 4 is 17.9 Å². The highest BCUT2D eigenvalue weighted by Gasteiger charge is 2.66. The van der Waals surface area contributed by atoms with Crippen molar-refractivity contribution in [1.82, 2.24) is 0 Å². The van der Waals surface area contributed by atoms with Gasteiger partial charge in [-0.05, 0) is 26.2 Å². The molecule has 0 aromatic carbocycles. The van der Waals surface area contributed by atoms with Crippen molar-refractivity contribution < 1.29 is 34.4 Å². The number of unbranched alkanes of at least 4 members (excludes halogenated alkanes) is 3. The molecule has 7 heteroatoms. The molecule has 3 unspecified atom stereocenters. The summed E-state index contributed by atoms with van der Waals surface area (Å²) in [5.74, 6) is -5.65. The number of rotatable bonds is 14. The Balaban J connectivity index is 6.36. The number of carbonyl (C=O) groups is 3. The Morgan fingerprint density at radius 1 is 0.920 bits per heavy atom. The third-order valence-corrected chi connectivity index (χ3v) is 5.07. The quantitative estimate of drug-likeness (QED) is 0.406. The van der Waals surface area contributed by atoms with Gasteiger partial charge >= 0.3 is 17.9 Å². The minimum absolute atomic E-state index is 0.0233. The van der Waals surface area contributed by atoms with Crippen LogP contribution in [0.25, 0.3) is 0 Å². The Labute approximate surface area is 149 Å². The highest BCUT2D eigenvalue weighted by Crippen LogP contribution is 2.49. The molecule has 0 aromatic heterocycles. The van der Waals surface area contributed by atoms with Gasteiger partial charge in [0.1, 0.15) is 5.41 Å². The number of ether oxygens (including phenoxy) is 1. The first kappa shape index (κ1) is 23.4. The topological polar surface area (TPSA) is 121 Å². The van der Waals surface area contributed by atoms with Crippen LogP contribution in [0, 0.1) is 11.3 Å². The summed E-state index contributed by atoms with van der Waals surface area (Å²) in [6.45, 7) is 6.60. The lowest BCUT2D eigenvalue weighted by Gasteiger charge is -2.47. The van der Waals surface area contributed by atoms with Gasteiger partial charge in [-0.15, -0.1) is 0 Å². The Morgan fingerprint density at radius 2 is 1.52 bits per heavy atom. The number of carboxylic acid groups (broad SMARTS) is 3. The van der Waals surface area contributed by atoms with Crippen molar-refractivity contribution in [3.05, 3.63) is 0 Å². The Bertz CT molecular complexity index is 462. The van der Waals surface area contributed by atoms with Crippen molar-refractivity contribution in [1.29, 1.82) is 0 Å². The van der Waals surface area contributed by atoms with E-state index in [1.807, 2.05) is 6.92 Å². The second kappa shape index (κ2) is 10.4. The van der Waals surface area contributed by atoms with E-state index in [9.17, 15) is 29.7 Å². The van der Waals surface area contributed by atoms with Crippen molar-refractivity contribution in [3.63, 3.8) is 0 Å². The zero-order chi connectivity index (χ0) is 19.7. The van der Waals surface area contributed by atoms with E-state index >= 15 is 0 Å². The summed E-state index contributed by atoms with van der Waals surface area (Å²) < 4.78 is 5.52. The first-order valence-corrected chi connectivity index (χ1v) is 9.05. The number of hydrogen-bond acceptors (Lipinski definition) is 4. The second-order valence-electron chi connectivity index (χ2n) is 6.32. The molecule has 0 aliphatic carbocycles. The zero-order valence-electron chi connectivity index (χ0n) is 15.7. The third-order valence-electron chi connectivity index (χ3n) is 5.07. The predicted octanol–water partition coefficient (Wildman–Crippen LogP) is 3.41. The molecule has 0 aromatic rings. The lowest BCUT2D eigenvalue weighted by Crippen LogP contribution is -2.65. The number of carboxylic acids is 3. The SMILES string of the molecule is CCCCCCC(CC)(C(=O)O)C(OCC)(C(=O)O)C(CC)C(=O)O. The van der Waals surface area contributed by atoms with Crippen molar-refractivity contribution in [2.75, 3.05) is 6.61 Å². The van der Waals surface area contributed by atoms with Crippen LogP contribution in [0.4, 0.5) is 0 Å². The van der Waals surface area contributed by atoms with E-state index in [1.54, 1.807) is 13.8 Å². The molecule has 0 rings (SSSR count). The van der Waals surface area contributed by atoms with E-state index < -0.39 is 34.8 Å². The van der Waals surface area contributed by atoms with Crippen LogP contribution in [-0.2, 0) is 19.1 Å². The molecule has 0 fully saturated rings. The molecule has 0 heterocycles. The molecule has 25 heavy (non-hydrogen) atoms. The first-order valence-electron chi connectivity index (χ1n) is 9.05. The van der Waals surface area contributed by atoms with Gasteiger partial charge in [-0.3, -0.25) is 9.59 Å². The lowest BCUT2D eigenvalue weighted by molar-refractivity contribution is -0.218. The first-order chi connectivity index (χ1) is 11.7. The average Bonchev–Trinajstić information content (AvgIpc) is 2.54. The summed E-state index contributed by atoms with van der Waals surface area (Å²) in [6.07, 6.45) is 3.13. The van der Waals surface area contributed by atoms with E-state index in [-0.39, 0.29) is 25.9 Å². The Morgan fingerprint density at radius 3 is 1.84 bits per heavy atom. The van der Waals surface area contributed by atoms with E-state index in [2.05, 4.69) is 0 Å². The molecular formula is C18H32O7. The van der Waals surface area contributed by atoms with E-state index in [1.165, 1.54) is 6.92 Å². The zero-order valence-corrected chi connectivity index (χ0v) is 15.7. The molecule has 0 amide bonds. The molecule has 0 bridgehead atoms. The van der Waals surface area contributed by atoms with Gasteiger partial charge in [0.15, 0.2) is 5.60 Å². The van der Waals surface area contributed by atoms with Gasteiger partial charge in [0.05, 0.1) is 5.92 Å². The molecule has 3 N–H and O–H groups in total. The fourth-order valence-corrected chi connectivity index (χ4v) is 3.75. The lowest BCUT2D eigenvalue weighted by atomic mass is 9.60. The Kier molecular flexibility index (Phi) is 9.70. The molecule has 0 aliphatic rings. The molecule has 0 spiro atoms. The van der Waals surface area contributed by atoms with Gasteiger partial charge in [0.25, 0.3) is 0 Å². The standard InChI is InChI=1S/C18H32O7/c1-5-9-10-11-12-17(7-3,15(21)22)18(16(23)24,25-8-4)13(6-2)14(19)20/h13H,5-12H2,1-4H3,(H,19,20)(H,21,22)(H,23,24). The van der Waals surface area contributed by atoms with E-state index in [0.717, 1.165) is 19.3 Å². The van der Waals surface area contributed by atoms with Gasteiger partial charge in [0, 0.05) is 6.61 Å². The van der Waals surface area contributed by atoms with Crippen LogP contribution in [-0.4, -0.2) is 45.4 Å². The molecular weight excluding hydrogens is 328 g/mol. The maximum atomic E-state index is 12.3. The largest absolute Gasteiger partial charge is 0.481 e. The molecule has 146 valence electrons. The average molecular weight is 360 g/mol. The highest BCUT2D eigenvalue weighted by molar-refractivity contribution is 5.93. The van der Waals surface area contributed by atoms with Gasteiger partial charge in [0.2, 0.25) is 0 Å². The smallest absolute Gasteiger partial charge is 0.338 e. The van der Waals surface area contributed by atoms with Crippen LogP contribution in [0.3, 0.4) is 0 Å². The van der Waals surface area contributed by atoms with Crippen LogP contribution < -0.4 is 0 Å². The minimum Gasteiger partial charge on any atom is -0.481 e. The molecule has 0 saturated carbocycles. The minimum atomic E-state index is -2.31. The van der Waals surface area contributed by atoms with Crippen LogP contribution in [0.2, 0.25) is 0 Å². The van der Waals surface area contributed by atoms with Crippen LogP contribution in [0.5, 0.6) is 0 Å². The van der Waals surface area contributed by atoms with Crippen LogP contribution in [0.1, 0.15) is 72.6 Å². The van der Waals surface area contributed by atoms with Gasteiger partial charge in [-0.2, -0.15) is 0 Å². The summed E-state index contributed by atoms with van der Waals surface area (Å²) in [4.78, 5) is 36.3. The fraction of sp³-hybridized carbons (Fsp3) is 0.833. The van der Waals surface area contributed by atoms with Gasteiger partial charge in [-0.1, -0.05) is 46.5 Å². The molecule has 0 saturated heterocycles. The summed E-state index contributed by atoms with van der Waals surface area (Å²) in [5, 5.41) is 29.6. The summed E-state index contributed by atoms with van der Waals surface area (Å²) in [6, 6.07) is 0.